The van der Waals surface area contributed by atoms with Crippen molar-refractivity contribution in [1.29, 1.82) is 0 Å². The van der Waals surface area contributed by atoms with Gasteiger partial charge in [0, 0.05) is 55.6 Å². The van der Waals surface area contributed by atoms with Crippen LogP contribution in [0.5, 0.6) is 0 Å². The molecule has 0 aliphatic carbocycles. The lowest BCUT2D eigenvalue weighted by Crippen LogP contribution is -2.04. The van der Waals surface area contributed by atoms with Crippen LogP contribution in [0.15, 0.2) is 291 Å². The molecule has 6 heteroatoms. The Kier molecular flexibility index (Phi) is 11.4. The molecule has 0 N–H and O–H groups in total. The highest BCUT2D eigenvalue weighted by Gasteiger charge is 2.24. The van der Waals surface area contributed by atoms with E-state index < -0.39 is 0 Å². The molecule has 4 heterocycles. The van der Waals surface area contributed by atoms with Gasteiger partial charge in [-0.25, -0.2) is 15.0 Å². The highest BCUT2D eigenvalue weighted by Crippen LogP contribution is 2.45. The van der Waals surface area contributed by atoms with Gasteiger partial charge in [-0.15, -0.1) is 0 Å². The molecular weight excluding hydrogens is 973 g/mol. The predicted octanol–water partition coefficient (Wildman–Crippen LogP) is 18.8. The Balaban J connectivity index is 1.02. The van der Waals surface area contributed by atoms with E-state index in [-0.39, 0.29) is 0 Å². The van der Waals surface area contributed by atoms with Gasteiger partial charge < -0.3 is 9.13 Å². The number of hydrogen-bond acceptors (Lipinski definition) is 4. The smallest absolute Gasteiger partial charge is 0.164 e. The Morgan fingerprint density at radius 2 is 0.537 bits per heavy atom. The molecule has 0 amide bonds. The van der Waals surface area contributed by atoms with Crippen LogP contribution in [0.25, 0.3) is 145 Å². The summed E-state index contributed by atoms with van der Waals surface area (Å²) in [7, 11) is 0. The first-order chi connectivity index (χ1) is 39.7. The average molecular weight is 1020 g/mol. The fourth-order valence-corrected chi connectivity index (χ4v) is 11.6. The Bertz CT molecular complexity index is 4530. The minimum absolute atomic E-state index is 0.571. The van der Waals surface area contributed by atoms with Crippen LogP contribution in [0, 0.1) is 0 Å². The molecule has 15 rings (SSSR count). The third-order valence-electron chi connectivity index (χ3n) is 15.5. The quantitative estimate of drug-likeness (QED) is 0.137. The summed E-state index contributed by atoms with van der Waals surface area (Å²) in [4.78, 5) is 20.6. The molecule has 11 aromatic carbocycles. The van der Waals surface area contributed by atoms with Gasteiger partial charge in [-0.2, -0.15) is 0 Å². The number of nitrogens with zero attached hydrogens (tertiary/aromatic N) is 6. The molecule has 15 aromatic rings. The van der Waals surface area contributed by atoms with Gasteiger partial charge in [-0.05, 0) is 117 Å². The second-order valence-corrected chi connectivity index (χ2v) is 20.2. The van der Waals surface area contributed by atoms with Gasteiger partial charge in [0.2, 0.25) is 0 Å². The lowest BCUT2D eigenvalue weighted by molar-refractivity contribution is 1.07. The van der Waals surface area contributed by atoms with Crippen molar-refractivity contribution >= 4 is 43.6 Å². The van der Waals surface area contributed by atoms with E-state index in [1.54, 1.807) is 0 Å². The molecule has 0 bridgehead atoms. The number of fused-ring (bicyclic) bond motifs is 6. The molecule has 0 radical (unpaired) electrons. The largest absolute Gasteiger partial charge is 0.309 e. The van der Waals surface area contributed by atoms with Crippen molar-refractivity contribution < 1.29 is 0 Å². The van der Waals surface area contributed by atoms with Crippen LogP contribution >= 0.6 is 0 Å². The first-order valence-electron chi connectivity index (χ1n) is 27.0. The molecule has 80 heavy (non-hydrogen) atoms. The molecule has 0 unspecified atom stereocenters. The normalized spacial score (nSPS) is 11.5. The van der Waals surface area contributed by atoms with Gasteiger partial charge >= 0.3 is 0 Å². The summed E-state index contributed by atoms with van der Waals surface area (Å²) < 4.78 is 4.85. The molecule has 6 nitrogen and oxygen atoms in total. The third kappa shape index (κ3) is 8.22. The molecule has 0 spiro atoms. The Morgan fingerprint density at radius 1 is 0.225 bits per heavy atom. The summed E-state index contributed by atoms with van der Waals surface area (Å²) in [5, 5.41) is 4.63. The van der Waals surface area contributed by atoms with E-state index in [1.165, 1.54) is 22.3 Å². The molecular formula is C74H48N6. The fourth-order valence-electron chi connectivity index (χ4n) is 11.6. The summed E-state index contributed by atoms with van der Waals surface area (Å²) in [5.74, 6) is 1.78. The van der Waals surface area contributed by atoms with E-state index in [0.717, 1.165) is 105 Å². The number of hydrogen-bond donors (Lipinski definition) is 0. The second-order valence-electron chi connectivity index (χ2n) is 20.2. The Morgan fingerprint density at radius 3 is 0.900 bits per heavy atom. The maximum atomic E-state index is 5.28. The molecule has 0 saturated heterocycles. The van der Waals surface area contributed by atoms with Gasteiger partial charge in [0.05, 0.1) is 39.6 Å². The van der Waals surface area contributed by atoms with Crippen molar-refractivity contribution in [3.63, 3.8) is 0 Å². The number of aromatic nitrogens is 6. The van der Waals surface area contributed by atoms with E-state index in [4.69, 9.17) is 19.9 Å². The van der Waals surface area contributed by atoms with Crippen molar-refractivity contribution in [3.05, 3.63) is 291 Å². The Hall–Kier alpha value is -10.8. The molecule has 0 atom stereocenters. The van der Waals surface area contributed by atoms with Crippen LogP contribution in [0.4, 0.5) is 0 Å². The first-order valence-corrected chi connectivity index (χ1v) is 27.0. The van der Waals surface area contributed by atoms with E-state index in [1.807, 2.05) is 48.8 Å². The minimum Gasteiger partial charge on any atom is -0.309 e. The third-order valence-corrected chi connectivity index (χ3v) is 15.5. The van der Waals surface area contributed by atoms with Crippen LogP contribution in [-0.4, -0.2) is 29.1 Å². The number of benzene rings is 11. The van der Waals surface area contributed by atoms with E-state index in [0.29, 0.717) is 17.5 Å². The molecule has 0 saturated carbocycles. The van der Waals surface area contributed by atoms with Gasteiger partial charge in [0.25, 0.3) is 0 Å². The number of pyridine rings is 1. The van der Waals surface area contributed by atoms with E-state index in [9.17, 15) is 0 Å². The van der Waals surface area contributed by atoms with E-state index in [2.05, 4.69) is 252 Å². The Labute approximate surface area is 462 Å². The zero-order chi connectivity index (χ0) is 52.9. The van der Waals surface area contributed by atoms with Crippen LogP contribution in [0.2, 0.25) is 0 Å². The van der Waals surface area contributed by atoms with Crippen LogP contribution in [0.3, 0.4) is 0 Å². The van der Waals surface area contributed by atoms with Crippen molar-refractivity contribution in [3.8, 4) is 101 Å². The highest BCUT2D eigenvalue weighted by molar-refractivity contribution is 6.14. The van der Waals surface area contributed by atoms with Crippen molar-refractivity contribution in [2.24, 2.45) is 0 Å². The van der Waals surface area contributed by atoms with Crippen LogP contribution < -0.4 is 0 Å². The fraction of sp³-hybridized carbons (Fsp3) is 0. The summed E-state index contributed by atoms with van der Waals surface area (Å²) in [5.41, 5.74) is 20.2. The average Bonchev–Trinajstić information content (AvgIpc) is 4.17. The number of rotatable bonds is 10. The molecule has 0 fully saturated rings. The summed E-state index contributed by atoms with van der Waals surface area (Å²) in [6.07, 6.45) is 3.94. The van der Waals surface area contributed by atoms with Crippen molar-refractivity contribution in [1.82, 2.24) is 29.1 Å². The minimum atomic E-state index is 0.571. The predicted molar refractivity (Wildman–Crippen MR) is 330 cm³/mol. The van der Waals surface area contributed by atoms with Gasteiger partial charge in [0.15, 0.2) is 17.5 Å². The molecule has 0 aliphatic heterocycles. The lowest BCUT2D eigenvalue weighted by atomic mass is 9.99. The van der Waals surface area contributed by atoms with Crippen LogP contribution in [0.1, 0.15) is 0 Å². The summed E-state index contributed by atoms with van der Waals surface area (Å²) >= 11 is 0. The SMILES string of the molecule is c1ccc(-c2ccc3c(c2)c2cc(-c4ccccc4)ccc2n3-c2ccc(-c3nc(-c4ccccc4)nc(-c4ccccc4)n3)cc2-c2ccncc2-n2c3ccc(-c4ccccc4)cc3c3cc(-c4ccccc4)ccc32)cc1. The lowest BCUT2D eigenvalue weighted by Gasteiger charge is -2.19. The standard InChI is InChI=1S/C74H48N6/c1-7-19-49(20-8-1)55-31-36-67-62(43-55)63-44-56(50-21-9-2-10-22-50)32-37-68(63)79(67)66-40-35-59(74-77-72(53-27-15-5-16-28-53)76-73(78-74)54-29-17-6-18-30-54)47-61(66)60-41-42-75-48-71(60)80-69-38-33-57(51-23-11-3-12-24-51)45-64(69)65-46-58(34-39-70(65)80)52-25-13-4-14-26-52/h1-48H. The van der Waals surface area contributed by atoms with Crippen molar-refractivity contribution in [2.75, 3.05) is 0 Å². The maximum absolute atomic E-state index is 5.28. The zero-order valence-corrected chi connectivity index (χ0v) is 43.4. The van der Waals surface area contributed by atoms with Gasteiger partial charge in [-0.3, -0.25) is 4.98 Å². The topological polar surface area (TPSA) is 61.4 Å². The molecule has 0 aliphatic rings. The van der Waals surface area contributed by atoms with Crippen LogP contribution in [-0.2, 0) is 0 Å². The first kappa shape index (κ1) is 46.5. The summed E-state index contributed by atoms with van der Waals surface area (Å²) in [6.45, 7) is 0. The van der Waals surface area contributed by atoms with E-state index >= 15 is 0 Å². The van der Waals surface area contributed by atoms with Crippen molar-refractivity contribution in [2.45, 2.75) is 0 Å². The van der Waals surface area contributed by atoms with Gasteiger partial charge in [0.1, 0.15) is 0 Å². The highest BCUT2D eigenvalue weighted by atomic mass is 15.0. The second kappa shape index (κ2) is 19.6. The maximum Gasteiger partial charge on any atom is 0.164 e. The monoisotopic (exact) mass is 1020 g/mol. The zero-order valence-electron chi connectivity index (χ0n) is 43.4. The van der Waals surface area contributed by atoms with Gasteiger partial charge in [-0.1, -0.05) is 206 Å². The molecule has 374 valence electrons. The summed E-state index contributed by atoms with van der Waals surface area (Å²) in [6, 6.07) is 99.3. The molecule has 4 aromatic heterocycles.